The maximum absolute atomic E-state index is 12.3. The number of hydrogen-bond donors (Lipinski definition) is 1. The highest BCUT2D eigenvalue weighted by atomic mass is 35.5. The van der Waals surface area contributed by atoms with Gasteiger partial charge in [0.15, 0.2) is 0 Å². The van der Waals surface area contributed by atoms with Crippen molar-refractivity contribution in [3.63, 3.8) is 0 Å². The van der Waals surface area contributed by atoms with Gasteiger partial charge in [0.25, 0.3) is 0 Å². The molecule has 23 heavy (non-hydrogen) atoms. The van der Waals surface area contributed by atoms with Crippen molar-refractivity contribution in [3.05, 3.63) is 53.1 Å². The first-order valence-corrected chi connectivity index (χ1v) is 8.81. The fraction of sp³-hybridized carbons (Fsp3) is 0.250. The molecular weight excluding hydrogens is 338 g/mol. The molecule has 5 nitrogen and oxygen atoms in total. The minimum Gasteiger partial charge on any atom is -0.497 e. The van der Waals surface area contributed by atoms with Crippen LogP contribution in [-0.2, 0) is 10.0 Å². The Bertz CT molecular complexity index is 760. The lowest BCUT2D eigenvalue weighted by atomic mass is 10.2. The van der Waals surface area contributed by atoms with Crippen molar-refractivity contribution in [1.82, 2.24) is 4.72 Å². The van der Waals surface area contributed by atoms with Crippen LogP contribution in [0.4, 0.5) is 0 Å². The Morgan fingerprint density at radius 2 is 1.74 bits per heavy atom. The van der Waals surface area contributed by atoms with Crippen LogP contribution in [0.5, 0.6) is 11.5 Å². The number of nitrogens with one attached hydrogen (secondary N) is 1. The van der Waals surface area contributed by atoms with Gasteiger partial charge in [-0.3, -0.25) is 0 Å². The largest absolute Gasteiger partial charge is 0.497 e. The van der Waals surface area contributed by atoms with Gasteiger partial charge in [0.05, 0.1) is 12.0 Å². The minimum absolute atomic E-state index is 0.163. The summed E-state index contributed by atoms with van der Waals surface area (Å²) < 4.78 is 37.6. The van der Waals surface area contributed by atoms with E-state index in [2.05, 4.69) is 4.72 Å². The van der Waals surface area contributed by atoms with Crippen molar-refractivity contribution in [3.8, 4) is 11.5 Å². The summed E-state index contributed by atoms with van der Waals surface area (Å²) in [6.07, 6.45) is 0. The predicted molar refractivity (Wildman–Crippen MR) is 89.9 cm³/mol. The zero-order valence-corrected chi connectivity index (χ0v) is 14.4. The third-order valence-electron chi connectivity index (χ3n) is 3.15. The van der Waals surface area contributed by atoms with Crippen LogP contribution in [0, 0.1) is 6.92 Å². The Morgan fingerprint density at radius 3 is 2.35 bits per heavy atom. The van der Waals surface area contributed by atoms with E-state index in [1.165, 1.54) is 13.2 Å². The lowest BCUT2D eigenvalue weighted by Crippen LogP contribution is -2.28. The summed E-state index contributed by atoms with van der Waals surface area (Å²) in [4.78, 5) is 0.227. The normalized spacial score (nSPS) is 11.3. The Balaban J connectivity index is 1.92. The van der Waals surface area contributed by atoms with Crippen molar-refractivity contribution >= 4 is 21.6 Å². The second-order valence-electron chi connectivity index (χ2n) is 4.83. The van der Waals surface area contributed by atoms with Crippen LogP contribution in [0.3, 0.4) is 0 Å². The van der Waals surface area contributed by atoms with E-state index in [-0.39, 0.29) is 18.0 Å². The van der Waals surface area contributed by atoms with Gasteiger partial charge in [-0.15, -0.1) is 0 Å². The highest BCUT2D eigenvalue weighted by molar-refractivity contribution is 7.89. The Hall–Kier alpha value is -1.76. The van der Waals surface area contributed by atoms with Crippen molar-refractivity contribution in [1.29, 1.82) is 0 Å². The molecule has 2 rings (SSSR count). The molecule has 0 bridgehead atoms. The van der Waals surface area contributed by atoms with Gasteiger partial charge in [-0.25, -0.2) is 13.1 Å². The highest BCUT2D eigenvalue weighted by Crippen LogP contribution is 2.20. The minimum atomic E-state index is -3.58. The number of sulfonamides is 1. The first kappa shape index (κ1) is 17.6. The van der Waals surface area contributed by atoms with Gasteiger partial charge >= 0.3 is 0 Å². The molecule has 0 saturated carbocycles. The number of rotatable bonds is 7. The summed E-state index contributed by atoms with van der Waals surface area (Å²) >= 11 is 5.78. The Morgan fingerprint density at radius 1 is 1.09 bits per heavy atom. The summed E-state index contributed by atoms with van der Waals surface area (Å²) in [6, 6.07) is 11.7. The topological polar surface area (TPSA) is 64.6 Å². The first-order valence-electron chi connectivity index (χ1n) is 6.95. The van der Waals surface area contributed by atoms with E-state index in [0.29, 0.717) is 22.1 Å². The predicted octanol–water partition coefficient (Wildman–Crippen LogP) is 3.01. The molecule has 0 fully saturated rings. The van der Waals surface area contributed by atoms with Gasteiger partial charge in [-0.1, -0.05) is 11.6 Å². The van der Waals surface area contributed by atoms with Crippen LogP contribution < -0.4 is 14.2 Å². The van der Waals surface area contributed by atoms with E-state index in [1.807, 2.05) is 0 Å². The molecule has 0 amide bonds. The molecule has 0 aliphatic carbocycles. The van der Waals surface area contributed by atoms with Crippen LogP contribution in [0.1, 0.15) is 5.56 Å². The SMILES string of the molecule is COc1ccc(S(=O)(=O)NCCOc2ccc(Cl)cc2)c(C)c1. The lowest BCUT2D eigenvalue weighted by Gasteiger charge is -2.11. The summed E-state index contributed by atoms with van der Waals surface area (Å²) in [7, 11) is -2.05. The number of ether oxygens (including phenoxy) is 2. The van der Waals surface area contributed by atoms with Gasteiger partial charge in [-0.05, 0) is 55.0 Å². The zero-order chi connectivity index (χ0) is 16.9. The fourth-order valence-electron chi connectivity index (χ4n) is 2.00. The lowest BCUT2D eigenvalue weighted by molar-refractivity contribution is 0.323. The molecule has 0 spiro atoms. The number of methoxy groups -OCH3 is 1. The molecule has 0 aliphatic rings. The molecule has 1 N–H and O–H groups in total. The average Bonchev–Trinajstić information content (AvgIpc) is 2.53. The summed E-state index contributed by atoms with van der Waals surface area (Å²) in [5, 5.41) is 0.619. The zero-order valence-electron chi connectivity index (χ0n) is 12.9. The highest BCUT2D eigenvalue weighted by Gasteiger charge is 2.16. The molecule has 0 aromatic heterocycles. The van der Waals surface area contributed by atoms with E-state index < -0.39 is 10.0 Å². The van der Waals surface area contributed by atoms with Crippen molar-refractivity contribution in [2.24, 2.45) is 0 Å². The van der Waals surface area contributed by atoms with Crippen LogP contribution in [-0.4, -0.2) is 28.7 Å². The van der Waals surface area contributed by atoms with E-state index in [0.717, 1.165) is 0 Å². The van der Waals surface area contributed by atoms with E-state index in [4.69, 9.17) is 21.1 Å². The molecule has 0 saturated heterocycles. The molecule has 7 heteroatoms. The Kier molecular flexibility index (Phi) is 5.87. The number of hydrogen-bond acceptors (Lipinski definition) is 4. The number of benzene rings is 2. The van der Waals surface area contributed by atoms with E-state index in [9.17, 15) is 8.42 Å². The second-order valence-corrected chi connectivity index (χ2v) is 7.00. The average molecular weight is 356 g/mol. The monoisotopic (exact) mass is 355 g/mol. The van der Waals surface area contributed by atoms with Gasteiger partial charge in [-0.2, -0.15) is 0 Å². The van der Waals surface area contributed by atoms with Crippen molar-refractivity contribution in [2.75, 3.05) is 20.3 Å². The first-order chi connectivity index (χ1) is 10.9. The van der Waals surface area contributed by atoms with E-state index >= 15 is 0 Å². The molecule has 0 radical (unpaired) electrons. The molecule has 2 aromatic carbocycles. The van der Waals surface area contributed by atoms with Gasteiger partial charge in [0.1, 0.15) is 18.1 Å². The van der Waals surface area contributed by atoms with Crippen LogP contribution in [0.25, 0.3) is 0 Å². The maximum atomic E-state index is 12.3. The van der Waals surface area contributed by atoms with Crippen LogP contribution in [0.2, 0.25) is 5.02 Å². The molecule has 0 aliphatic heterocycles. The third-order valence-corrected chi connectivity index (χ3v) is 5.02. The molecule has 2 aromatic rings. The third kappa shape index (κ3) is 4.86. The smallest absolute Gasteiger partial charge is 0.240 e. The van der Waals surface area contributed by atoms with Gasteiger partial charge in [0.2, 0.25) is 10.0 Å². The van der Waals surface area contributed by atoms with Gasteiger partial charge in [0, 0.05) is 11.6 Å². The molecule has 0 atom stereocenters. The summed E-state index contributed by atoms with van der Waals surface area (Å²) in [5.41, 5.74) is 0.621. The summed E-state index contributed by atoms with van der Waals surface area (Å²) in [6.45, 7) is 2.10. The number of aryl methyl sites for hydroxylation is 1. The quantitative estimate of drug-likeness (QED) is 0.775. The summed E-state index contributed by atoms with van der Waals surface area (Å²) in [5.74, 6) is 1.25. The van der Waals surface area contributed by atoms with Crippen molar-refractivity contribution in [2.45, 2.75) is 11.8 Å². The molecule has 0 heterocycles. The molecule has 124 valence electrons. The van der Waals surface area contributed by atoms with E-state index in [1.54, 1.807) is 43.3 Å². The van der Waals surface area contributed by atoms with Crippen LogP contribution >= 0.6 is 11.6 Å². The number of halogens is 1. The van der Waals surface area contributed by atoms with Crippen LogP contribution in [0.15, 0.2) is 47.4 Å². The standard InChI is InChI=1S/C16H18ClNO4S/c1-12-11-15(21-2)7-8-16(12)23(19,20)18-9-10-22-14-5-3-13(17)4-6-14/h3-8,11,18H,9-10H2,1-2H3. The maximum Gasteiger partial charge on any atom is 0.240 e. The fourth-order valence-corrected chi connectivity index (χ4v) is 3.37. The molecule has 0 unspecified atom stereocenters. The molecular formula is C16H18ClNO4S. The Labute approximate surface area is 141 Å². The van der Waals surface area contributed by atoms with Gasteiger partial charge < -0.3 is 9.47 Å². The van der Waals surface area contributed by atoms with Crippen molar-refractivity contribution < 1.29 is 17.9 Å². The second kappa shape index (κ2) is 7.68.